The second-order valence-corrected chi connectivity index (χ2v) is 22.3. The number of ether oxygens (including phenoxy) is 1. The Morgan fingerprint density at radius 2 is 0.864 bits per heavy atom. The van der Waals surface area contributed by atoms with Crippen molar-refractivity contribution in [1.82, 2.24) is 5.32 Å². The lowest BCUT2D eigenvalue weighted by atomic mass is 10.0. The first-order valence-electron chi connectivity index (χ1n) is 28.5. The van der Waals surface area contributed by atoms with Crippen LogP contribution >= 0.6 is 7.82 Å². The van der Waals surface area contributed by atoms with E-state index < -0.39 is 20.0 Å². The number of allylic oxidation sites excluding steroid dienone is 1. The van der Waals surface area contributed by atoms with Crippen molar-refractivity contribution in [2.45, 2.75) is 296 Å². The van der Waals surface area contributed by atoms with Gasteiger partial charge in [0.05, 0.1) is 33.8 Å². The van der Waals surface area contributed by atoms with Crippen LogP contribution in [0.25, 0.3) is 0 Å². The van der Waals surface area contributed by atoms with E-state index in [4.69, 9.17) is 13.8 Å². The molecule has 0 aromatic heterocycles. The van der Waals surface area contributed by atoms with Crippen LogP contribution in [0.5, 0.6) is 0 Å². The standard InChI is InChI=1S/C56H111N2O7P/c1-7-10-13-16-19-22-25-27-28-29-30-31-34-36-39-42-45-48-55(59)57-53(52-64-66(61,62)63-51-50-58(4,5)6)54(47-44-41-38-35-33-26-23-20-17-14-11-8-2)65-56(60)49-46-43-40-37-32-24-21-18-15-12-9-3/h44,47,53-54H,7-43,45-46,48-52H2,1-6H3,(H-,57,59,61,62)/p+1/b47-44+. The summed E-state index contributed by atoms with van der Waals surface area (Å²) >= 11 is 0. The number of phosphoric ester groups is 1. The van der Waals surface area contributed by atoms with Gasteiger partial charge >= 0.3 is 13.8 Å². The molecule has 0 radical (unpaired) electrons. The molecule has 9 nitrogen and oxygen atoms in total. The van der Waals surface area contributed by atoms with E-state index in [-0.39, 0.29) is 25.1 Å². The molecule has 0 saturated carbocycles. The molecule has 392 valence electrons. The Balaban J connectivity index is 5.28. The average molecular weight is 956 g/mol. The Bertz CT molecular complexity index is 1150. The molecule has 0 spiro atoms. The number of amides is 1. The highest BCUT2D eigenvalue weighted by Gasteiger charge is 2.30. The molecular weight excluding hydrogens is 844 g/mol. The Labute approximate surface area is 410 Å². The molecule has 3 unspecified atom stereocenters. The number of quaternary nitrogens is 1. The molecule has 0 aromatic rings. The van der Waals surface area contributed by atoms with Gasteiger partial charge in [-0.15, -0.1) is 0 Å². The fourth-order valence-electron chi connectivity index (χ4n) is 8.53. The predicted molar refractivity (Wildman–Crippen MR) is 282 cm³/mol. The molecule has 2 N–H and O–H groups in total. The highest BCUT2D eigenvalue weighted by Crippen LogP contribution is 2.43. The largest absolute Gasteiger partial charge is 0.472 e. The lowest BCUT2D eigenvalue weighted by Crippen LogP contribution is -2.47. The number of hydrogen-bond acceptors (Lipinski definition) is 6. The van der Waals surface area contributed by atoms with Crippen LogP contribution in [-0.4, -0.2) is 74.3 Å². The van der Waals surface area contributed by atoms with Gasteiger partial charge in [-0.25, -0.2) is 4.57 Å². The van der Waals surface area contributed by atoms with Gasteiger partial charge in [0.2, 0.25) is 5.91 Å². The first kappa shape index (κ1) is 64.8. The second kappa shape index (κ2) is 47.4. The van der Waals surface area contributed by atoms with Crippen molar-refractivity contribution in [3.63, 3.8) is 0 Å². The molecule has 0 aliphatic rings. The van der Waals surface area contributed by atoms with Crippen molar-refractivity contribution in [3.8, 4) is 0 Å². The van der Waals surface area contributed by atoms with Crippen LogP contribution in [0.1, 0.15) is 284 Å². The SMILES string of the molecule is CCCCCCCCCCCC/C=C/C(OC(=O)CCCCCCCCCCCCC)C(COP(=O)(O)OCC[N+](C)(C)C)NC(=O)CCCCCCCCCCCCCCCCCCC. The average Bonchev–Trinajstić information content (AvgIpc) is 3.27. The van der Waals surface area contributed by atoms with Crippen LogP contribution in [0, 0.1) is 0 Å². The van der Waals surface area contributed by atoms with Gasteiger partial charge in [0, 0.05) is 12.8 Å². The number of esters is 1. The van der Waals surface area contributed by atoms with E-state index in [9.17, 15) is 19.0 Å². The van der Waals surface area contributed by atoms with E-state index in [1.807, 2.05) is 33.3 Å². The number of nitrogens with zero attached hydrogens (tertiary/aromatic N) is 1. The minimum absolute atomic E-state index is 0.0454. The van der Waals surface area contributed by atoms with Gasteiger partial charge in [-0.1, -0.05) is 252 Å². The summed E-state index contributed by atoms with van der Waals surface area (Å²) in [7, 11) is 1.51. The number of carbonyl (C=O) groups is 2. The molecule has 0 saturated heterocycles. The van der Waals surface area contributed by atoms with Gasteiger partial charge in [0.1, 0.15) is 19.3 Å². The van der Waals surface area contributed by atoms with Crippen molar-refractivity contribution >= 4 is 19.7 Å². The maximum atomic E-state index is 13.5. The zero-order valence-corrected chi connectivity index (χ0v) is 45.6. The Morgan fingerprint density at radius 1 is 0.515 bits per heavy atom. The summed E-state index contributed by atoms with van der Waals surface area (Å²) in [5.74, 6) is -0.490. The normalized spacial score (nSPS) is 13.9. The summed E-state index contributed by atoms with van der Waals surface area (Å²) in [6.45, 7) is 7.03. The third kappa shape index (κ3) is 47.8. The summed E-state index contributed by atoms with van der Waals surface area (Å²) in [6, 6.07) is -0.837. The molecule has 0 fully saturated rings. The Hall–Kier alpha value is -1.25. The highest BCUT2D eigenvalue weighted by molar-refractivity contribution is 7.47. The van der Waals surface area contributed by atoms with Gasteiger partial charge in [-0.2, -0.15) is 0 Å². The van der Waals surface area contributed by atoms with Crippen LogP contribution in [-0.2, 0) is 27.9 Å². The number of hydrogen-bond donors (Lipinski definition) is 2. The van der Waals surface area contributed by atoms with E-state index in [0.717, 1.165) is 57.8 Å². The molecule has 1 amide bonds. The Morgan fingerprint density at radius 3 is 1.24 bits per heavy atom. The fourth-order valence-corrected chi connectivity index (χ4v) is 9.27. The van der Waals surface area contributed by atoms with E-state index >= 15 is 0 Å². The van der Waals surface area contributed by atoms with Gasteiger partial charge in [-0.3, -0.25) is 18.6 Å². The molecule has 66 heavy (non-hydrogen) atoms. The zero-order chi connectivity index (χ0) is 48.7. The van der Waals surface area contributed by atoms with Crippen LogP contribution in [0.2, 0.25) is 0 Å². The third-order valence-electron chi connectivity index (χ3n) is 13.0. The molecule has 0 aliphatic heterocycles. The summed E-state index contributed by atoms with van der Waals surface area (Å²) in [4.78, 5) is 37.5. The molecule has 0 aliphatic carbocycles. The molecule has 0 rings (SSSR count). The quantitative estimate of drug-likeness (QED) is 0.0205. The van der Waals surface area contributed by atoms with E-state index in [0.29, 0.717) is 23.9 Å². The first-order valence-corrected chi connectivity index (χ1v) is 30.0. The number of carbonyl (C=O) groups excluding carboxylic acids is 2. The van der Waals surface area contributed by atoms with E-state index in [2.05, 4.69) is 26.1 Å². The molecular formula is C56H112N2O7P+. The van der Waals surface area contributed by atoms with Crippen LogP contribution in [0.3, 0.4) is 0 Å². The topological polar surface area (TPSA) is 111 Å². The Kier molecular flexibility index (Phi) is 46.5. The zero-order valence-electron chi connectivity index (χ0n) is 44.7. The van der Waals surface area contributed by atoms with Gasteiger partial charge < -0.3 is 19.4 Å². The van der Waals surface area contributed by atoms with Crippen molar-refractivity contribution in [2.24, 2.45) is 0 Å². The lowest BCUT2D eigenvalue weighted by Gasteiger charge is -2.27. The number of unbranched alkanes of at least 4 members (excludes halogenated alkanes) is 36. The molecule has 3 atom stereocenters. The summed E-state index contributed by atoms with van der Waals surface area (Å²) < 4.78 is 30.6. The number of phosphoric acid groups is 1. The van der Waals surface area contributed by atoms with E-state index in [1.165, 1.54) is 193 Å². The molecule has 0 heterocycles. The van der Waals surface area contributed by atoms with Crippen LogP contribution < -0.4 is 5.32 Å². The summed E-state index contributed by atoms with van der Waals surface area (Å²) in [5.41, 5.74) is 0. The molecule has 10 heteroatoms. The lowest BCUT2D eigenvalue weighted by molar-refractivity contribution is -0.870. The third-order valence-corrected chi connectivity index (χ3v) is 14.0. The van der Waals surface area contributed by atoms with Crippen molar-refractivity contribution in [3.05, 3.63) is 12.2 Å². The molecule has 0 bridgehead atoms. The monoisotopic (exact) mass is 956 g/mol. The maximum Gasteiger partial charge on any atom is 0.472 e. The second-order valence-electron chi connectivity index (χ2n) is 20.8. The predicted octanol–water partition coefficient (Wildman–Crippen LogP) is 16.8. The number of rotatable bonds is 52. The fraction of sp³-hybridized carbons (Fsp3) is 0.929. The number of likely N-dealkylation sites (N-methyl/N-ethyl adjacent to an activating group) is 1. The van der Waals surface area contributed by atoms with Gasteiger partial charge in [0.25, 0.3) is 0 Å². The smallest absolute Gasteiger partial charge is 0.456 e. The summed E-state index contributed by atoms with van der Waals surface area (Å²) in [5, 5.41) is 3.05. The number of nitrogens with one attached hydrogen (secondary N) is 1. The van der Waals surface area contributed by atoms with E-state index in [1.54, 1.807) is 0 Å². The first-order chi connectivity index (χ1) is 31.9. The van der Waals surface area contributed by atoms with Crippen LogP contribution in [0.4, 0.5) is 0 Å². The minimum Gasteiger partial charge on any atom is -0.456 e. The van der Waals surface area contributed by atoms with Gasteiger partial charge in [-0.05, 0) is 31.8 Å². The summed E-state index contributed by atoms with van der Waals surface area (Å²) in [6.07, 6.45) is 52.0. The van der Waals surface area contributed by atoms with Crippen molar-refractivity contribution < 1.29 is 37.3 Å². The van der Waals surface area contributed by atoms with Crippen molar-refractivity contribution in [1.29, 1.82) is 0 Å². The maximum absolute atomic E-state index is 13.5. The van der Waals surface area contributed by atoms with Gasteiger partial charge in [0.15, 0.2) is 0 Å². The highest BCUT2D eigenvalue weighted by atomic mass is 31.2. The molecule has 0 aromatic carbocycles. The van der Waals surface area contributed by atoms with Crippen molar-refractivity contribution in [2.75, 3.05) is 40.9 Å². The van der Waals surface area contributed by atoms with Crippen LogP contribution in [0.15, 0.2) is 12.2 Å². The minimum atomic E-state index is -4.43.